The van der Waals surface area contributed by atoms with Gasteiger partial charge in [-0.1, -0.05) is 23.8 Å². The van der Waals surface area contributed by atoms with Gasteiger partial charge in [0.2, 0.25) is 5.91 Å². The largest absolute Gasteiger partial charge is 0.477 e. The van der Waals surface area contributed by atoms with Gasteiger partial charge in [-0.05, 0) is 12.8 Å². The number of fused-ring (bicyclic) bond motifs is 1. The summed E-state index contributed by atoms with van der Waals surface area (Å²) in [6.07, 6.45) is 7.69. The molecule has 1 unspecified atom stereocenters. The molecule has 1 aliphatic carbocycles. The van der Waals surface area contributed by atoms with Gasteiger partial charge in [-0.3, -0.25) is 24.1 Å². The van der Waals surface area contributed by atoms with Crippen LogP contribution in [0.4, 0.5) is 0 Å². The van der Waals surface area contributed by atoms with E-state index in [0.29, 0.717) is 6.42 Å². The summed E-state index contributed by atoms with van der Waals surface area (Å²) in [4.78, 5) is 53.9. The highest BCUT2D eigenvalue weighted by molar-refractivity contribution is 8.00. The predicted molar refractivity (Wildman–Crippen MR) is 95.9 cm³/mol. The minimum Gasteiger partial charge on any atom is -0.477 e. The Morgan fingerprint density at radius 2 is 2.15 bits per heavy atom. The normalized spacial score (nSPS) is 24.0. The number of β-lactam (4-membered cyclic amide) rings is 1. The fourth-order valence-corrected chi connectivity index (χ4v) is 4.51. The Balaban J connectivity index is 1.69. The lowest BCUT2D eigenvalue weighted by Gasteiger charge is -2.49. The minimum absolute atomic E-state index is 0.0529. The van der Waals surface area contributed by atoms with E-state index in [-0.39, 0.29) is 29.4 Å². The van der Waals surface area contributed by atoms with Crippen molar-refractivity contribution in [2.75, 3.05) is 12.9 Å². The van der Waals surface area contributed by atoms with Gasteiger partial charge in [-0.15, -0.1) is 11.8 Å². The predicted octanol–water partition coefficient (Wildman–Crippen LogP) is 0.0691. The Hall–Kier alpha value is -2.59. The molecule has 9 nitrogen and oxygen atoms in total. The van der Waals surface area contributed by atoms with Crippen LogP contribution in [0.15, 0.2) is 35.1 Å². The minimum atomic E-state index is -1.38. The molecule has 0 saturated carbocycles. The average molecular weight is 393 g/mol. The van der Waals surface area contributed by atoms with Crippen LogP contribution >= 0.6 is 11.8 Å². The SMILES string of the molecule is CONC(=O)C1=C(C(=O)O)N2C(=O)C(NC(=O)CC3=CCC=CC3)[C@H]2SC1. The van der Waals surface area contributed by atoms with Gasteiger partial charge >= 0.3 is 5.97 Å². The van der Waals surface area contributed by atoms with Crippen LogP contribution in [0.5, 0.6) is 0 Å². The zero-order chi connectivity index (χ0) is 19.6. The average Bonchev–Trinajstić information content (AvgIpc) is 2.65. The Morgan fingerprint density at radius 1 is 1.37 bits per heavy atom. The summed E-state index contributed by atoms with van der Waals surface area (Å²) in [7, 11) is 1.23. The Bertz CT molecular complexity index is 788. The molecular weight excluding hydrogens is 374 g/mol. The van der Waals surface area contributed by atoms with E-state index in [9.17, 15) is 24.3 Å². The van der Waals surface area contributed by atoms with Crippen molar-refractivity contribution in [1.82, 2.24) is 15.7 Å². The molecule has 0 spiro atoms. The lowest BCUT2D eigenvalue weighted by molar-refractivity contribution is -0.151. The van der Waals surface area contributed by atoms with Gasteiger partial charge in [0.25, 0.3) is 11.8 Å². The van der Waals surface area contributed by atoms with Crippen LogP contribution in [0.25, 0.3) is 0 Å². The Kier molecular flexibility index (Phi) is 5.66. The molecule has 1 fully saturated rings. The number of nitrogens with zero attached hydrogens (tertiary/aromatic N) is 1. The van der Waals surface area contributed by atoms with Crippen molar-refractivity contribution < 1.29 is 29.1 Å². The second-order valence-corrected chi connectivity index (χ2v) is 7.28. The summed E-state index contributed by atoms with van der Waals surface area (Å²) < 4.78 is 0. The number of thioether (sulfide) groups is 1. The number of nitrogens with one attached hydrogen (secondary N) is 2. The molecule has 3 amide bonds. The lowest BCUT2D eigenvalue weighted by atomic mass is 10.00. The molecule has 0 aromatic rings. The summed E-state index contributed by atoms with van der Waals surface area (Å²) in [6, 6.07) is -0.802. The van der Waals surface area contributed by atoms with Crippen molar-refractivity contribution in [3.63, 3.8) is 0 Å². The zero-order valence-corrected chi connectivity index (χ0v) is 15.4. The summed E-state index contributed by atoms with van der Waals surface area (Å²) in [5.41, 5.74) is 2.63. The Morgan fingerprint density at radius 3 is 2.78 bits per heavy atom. The second kappa shape index (κ2) is 7.97. The number of aliphatic carboxylic acids is 1. The van der Waals surface area contributed by atoms with Crippen molar-refractivity contribution >= 4 is 35.5 Å². The first kappa shape index (κ1) is 19.2. The maximum atomic E-state index is 12.5. The van der Waals surface area contributed by atoms with Gasteiger partial charge in [0.15, 0.2) is 0 Å². The van der Waals surface area contributed by atoms with Crippen molar-refractivity contribution in [3.05, 3.63) is 35.1 Å². The summed E-state index contributed by atoms with van der Waals surface area (Å²) in [6.45, 7) is 0. The van der Waals surface area contributed by atoms with E-state index in [2.05, 4.69) is 15.6 Å². The summed E-state index contributed by atoms with van der Waals surface area (Å²) in [5, 5.41) is 11.6. The van der Waals surface area contributed by atoms with Crippen molar-refractivity contribution in [2.24, 2.45) is 0 Å². The molecule has 2 aliphatic heterocycles. The topological polar surface area (TPSA) is 125 Å². The van der Waals surface area contributed by atoms with Gasteiger partial charge in [0.05, 0.1) is 12.7 Å². The highest BCUT2D eigenvalue weighted by atomic mass is 32.2. The number of carbonyl (C=O) groups is 4. The van der Waals surface area contributed by atoms with E-state index < -0.39 is 29.2 Å². The number of hydrogen-bond donors (Lipinski definition) is 3. The number of carboxylic acids is 1. The number of carbonyl (C=O) groups excluding carboxylic acids is 3. The van der Waals surface area contributed by atoms with Crippen LogP contribution in [0.1, 0.15) is 19.3 Å². The molecule has 1 saturated heterocycles. The fraction of sp³-hybridized carbons (Fsp3) is 0.412. The maximum absolute atomic E-state index is 12.5. The molecule has 27 heavy (non-hydrogen) atoms. The highest BCUT2D eigenvalue weighted by Gasteiger charge is 2.54. The van der Waals surface area contributed by atoms with E-state index in [1.165, 1.54) is 18.9 Å². The molecule has 3 rings (SSSR count). The third-order valence-electron chi connectivity index (χ3n) is 4.43. The number of allylic oxidation sites excluding steroid dienone is 3. The van der Waals surface area contributed by atoms with Gasteiger partial charge in [-0.25, -0.2) is 10.3 Å². The van der Waals surface area contributed by atoms with Crippen LogP contribution in [0.3, 0.4) is 0 Å². The highest BCUT2D eigenvalue weighted by Crippen LogP contribution is 2.40. The van der Waals surface area contributed by atoms with E-state index >= 15 is 0 Å². The van der Waals surface area contributed by atoms with Crippen LogP contribution in [-0.4, -0.2) is 58.0 Å². The van der Waals surface area contributed by atoms with Crippen molar-refractivity contribution in [3.8, 4) is 0 Å². The first-order valence-corrected chi connectivity index (χ1v) is 9.35. The van der Waals surface area contributed by atoms with Gasteiger partial charge in [0.1, 0.15) is 17.1 Å². The number of hydroxylamine groups is 1. The van der Waals surface area contributed by atoms with Crippen LogP contribution in [0, 0.1) is 0 Å². The lowest BCUT2D eigenvalue weighted by Crippen LogP contribution is -2.70. The fourth-order valence-electron chi connectivity index (χ4n) is 3.17. The molecule has 144 valence electrons. The summed E-state index contributed by atoms with van der Waals surface area (Å²) in [5.74, 6) is -2.82. The second-order valence-electron chi connectivity index (χ2n) is 6.17. The monoisotopic (exact) mass is 393 g/mol. The first-order chi connectivity index (χ1) is 12.9. The Labute approximate surface area is 159 Å². The summed E-state index contributed by atoms with van der Waals surface area (Å²) >= 11 is 1.22. The van der Waals surface area contributed by atoms with Gasteiger partial charge in [0, 0.05) is 12.2 Å². The van der Waals surface area contributed by atoms with Gasteiger partial charge < -0.3 is 10.4 Å². The molecule has 3 aliphatic rings. The molecule has 0 bridgehead atoms. The molecule has 10 heteroatoms. The number of hydrogen-bond acceptors (Lipinski definition) is 6. The molecular formula is C17H19N3O6S. The van der Waals surface area contributed by atoms with Crippen LogP contribution in [-0.2, 0) is 24.0 Å². The molecule has 3 N–H and O–H groups in total. The number of amides is 3. The number of carboxylic acid groups (broad SMARTS) is 1. The molecule has 2 atom stereocenters. The molecule has 0 aromatic carbocycles. The van der Waals surface area contributed by atoms with Crippen molar-refractivity contribution in [1.29, 1.82) is 0 Å². The van der Waals surface area contributed by atoms with Crippen LogP contribution in [0.2, 0.25) is 0 Å². The molecule has 0 aromatic heterocycles. The van der Waals surface area contributed by atoms with E-state index in [0.717, 1.165) is 16.9 Å². The van der Waals surface area contributed by atoms with E-state index in [1.54, 1.807) is 0 Å². The maximum Gasteiger partial charge on any atom is 0.353 e. The van der Waals surface area contributed by atoms with E-state index in [4.69, 9.17) is 0 Å². The van der Waals surface area contributed by atoms with E-state index in [1.807, 2.05) is 18.2 Å². The molecule has 2 heterocycles. The van der Waals surface area contributed by atoms with Gasteiger partial charge in [-0.2, -0.15) is 0 Å². The first-order valence-electron chi connectivity index (χ1n) is 8.30. The van der Waals surface area contributed by atoms with Crippen molar-refractivity contribution in [2.45, 2.75) is 30.7 Å². The standard InChI is InChI=1S/C17H19N3O6S/c1-26-19-14(22)10-8-27-16-12(15(23)20(16)13(10)17(24)25)18-11(21)7-9-5-3-2-4-6-9/h2-3,6,12,16H,4-5,7-8H2,1H3,(H,18,21)(H,19,22)(H,24,25)/t12?,16-/m1/s1. The zero-order valence-electron chi connectivity index (χ0n) is 14.6. The third-order valence-corrected chi connectivity index (χ3v) is 5.71. The third kappa shape index (κ3) is 3.76. The number of rotatable bonds is 6. The quantitative estimate of drug-likeness (QED) is 0.331. The smallest absolute Gasteiger partial charge is 0.353 e. The molecule has 0 radical (unpaired) electrons. The van der Waals surface area contributed by atoms with Crippen LogP contribution < -0.4 is 10.8 Å².